The molecule has 0 bridgehead atoms. The molecule has 5 nitrogen and oxygen atoms in total. The minimum absolute atomic E-state index is 0.178. The fourth-order valence-corrected chi connectivity index (χ4v) is 3.46. The van der Waals surface area contributed by atoms with Gasteiger partial charge in [0.25, 0.3) is 5.91 Å². The lowest BCUT2D eigenvalue weighted by molar-refractivity contribution is 0.0624. The molecule has 0 saturated carbocycles. The average molecular weight is 370 g/mol. The molecule has 2 aromatic carbocycles. The number of rotatable bonds is 3. The van der Waals surface area contributed by atoms with Crippen LogP contribution in [0.3, 0.4) is 0 Å². The van der Waals surface area contributed by atoms with Crippen molar-refractivity contribution in [3.63, 3.8) is 0 Å². The summed E-state index contributed by atoms with van der Waals surface area (Å²) >= 11 is 0. The molecule has 0 unspecified atom stereocenters. The highest BCUT2D eigenvalue weighted by atomic mass is 19.2. The maximum atomic E-state index is 13.4. The van der Waals surface area contributed by atoms with Crippen LogP contribution in [-0.4, -0.2) is 51.4 Å². The first-order chi connectivity index (χ1) is 13.0. The summed E-state index contributed by atoms with van der Waals surface area (Å²) in [6, 6.07) is 11.3. The summed E-state index contributed by atoms with van der Waals surface area (Å²) in [5.41, 5.74) is 2.25. The predicted octanol–water partition coefficient (Wildman–Crippen LogP) is 2.81. The zero-order valence-electron chi connectivity index (χ0n) is 15.0. The molecule has 1 aliphatic rings. The molecular formula is C20H20F2N4O. The molecular weight excluding hydrogens is 350 g/mol. The topological polar surface area (TPSA) is 41.4 Å². The summed E-state index contributed by atoms with van der Waals surface area (Å²) in [6.45, 7) is 3.21. The zero-order valence-corrected chi connectivity index (χ0v) is 15.0. The van der Waals surface area contributed by atoms with Gasteiger partial charge in [-0.25, -0.2) is 13.8 Å². The van der Waals surface area contributed by atoms with Crippen molar-refractivity contribution in [2.75, 3.05) is 26.2 Å². The van der Waals surface area contributed by atoms with E-state index in [1.165, 1.54) is 6.07 Å². The average Bonchev–Trinajstić information content (AvgIpc) is 3.00. The van der Waals surface area contributed by atoms with Crippen molar-refractivity contribution in [2.45, 2.75) is 6.54 Å². The normalized spacial score (nSPS) is 15.4. The lowest BCUT2D eigenvalue weighted by atomic mass is 10.1. The Morgan fingerprint density at radius 3 is 2.48 bits per heavy atom. The minimum atomic E-state index is -0.999. The van der Waals surface area contributed by atoms with E-state index in [1.807, 2.05) is 31.3 Å². The molecule has 1 amide bonds. The van der Waals surface area contributed by atoms with Gasteiger partial charge >= 0.3 is 0 Å². The second kappa shape index (κ2) is 7.08. The molecule has 1 aromatic heterocycles. The SMILES string of the molecule is Cn1c(CN2CCN(C(=O)c3ccc(F)c(F)c3)CC2)nc2ccccc21. The Balaban J connectivity index is 1.40. The maximum Gasteiger partial charge on any atom is 0.254 e. The molecule has 140 valence electrons. The van der Waals surface area contributed by atoms with Gasteiger partial charge in [-0.1, -0.05) is 12.1 Å². The summed E-state index contributed by atoms with van der Waals surface area (Å²) in [7, 11) is 2.01. The standard InChI is InChI=1S/C20H20F2N4O/c1-24-18-5-3-2-4-17(18)23-19(24)13-25-8-10-26(11-9-25)20(27)14-6-7-15(21)16(22)12-14/h2-7,12H,8-11,13H2,1H3. The van der Waals surface area contributed by atoms with Gasteiger partial charge in [-0.2, -0.15) is 0 Å². The quantitative estimate of drug-likeness (QED) is 0.712. The van der Waals surface area contributed by atoms with Gasteiger partial charge in [0.15, 0.2) is 11.6 Å². The Bertz CT molecular complexity index is 993. The fourth-order valence-electron chi connectivity index (χ4n) is 3.46. The second-order valence-corrected chi connectivity index (χ2v) is 6.77. The number of hydrogen-bond acceptors (Lipinski definition) is 3. The number of benzene rings is 2. The molecule has 0 spiro atoms. The Labute approximate surface area is 155 Å². The number of amides is 1. The number of nitrogens with zero attached hydrogens (tertiary/aromatic N) is 4. The summed E-state index contributed by atoms with van der Waals surface area (Å²) < 4.78 is 28.5. The minimum Gasteiger partial charge on any atom is -0.336 e. The van der Waals surface area contributed by atoms with Crippen LogP contribution in [0.1, 0.15) is 16.2 Å². The molecule has 0 radical (unpaired) electrons. The monoisotopic (exact) mass is 370 g/mol. The molecule has 2 heterocycles. The van der Waals surface area contributed by atoms with Crippen LogP contribution in [0.25, 0.3) is 11.0 Å². The first-order valence-corrected chi connectivity index (χ1v) is 8.90. The van der Waals surface area contributed by atoms with Crippen molar-refractivity contribution in [1.29, 1.82) is 0 Å². The Morgan fingerprint density at radius 2 is 1.78 bits per heavy atom. The van der Waals surface area contributed by atoms with Gasteiger partial charge in [0.05, 0.1) is 17.6 Å². The Kier molecular flexibility index (Phi) is 4.61. The van der Waals surface area contributed by atoms with Crippen LogP contribution in [0.2, 0.25) is 0 Å². The number of aryl methyl sites for hydroxylation is 1. The molecule has 3 aromatic rings. The van der Waals surface area contributed by atoms with Gasteiger partial charge < -0.3 is 9.47 Å². The highest BCUT2D eigenvalue weighted by Gasteiger charge is 2.24. The number of piperazine rings is 1. The van der Waals surface area contributed by atoms with Gasteiger partial charge in [-0.3, -0.25) is 9.69 Å². The van der Waals surface area contributed by atoms with E-state index in [2.05, 4.69) is 14.5 Å². The van der Waals surface area contributed by atoms with E-state index in [4.69, 9.17) is 0 Å². The molecule has 1 saturated heterocycles. The highest BCUT2D eigenvalue weighted by Crippen LogP contribution is 2.17. The number of halogens is 2. The third-order valence-corrected chi connectivity index (χ3v) is 5.07. The van der Waals surface area contributed by atoms with Crippen molar-refractivity contribution in [1.82, 2.24) is 19.4 Å². The van der Waals surface area contributed by atoms with Crippen LogP contribution >= 0.6 is 0 Å². The van der Waals surface area contributed by atoms with E-state index in [-0.39, 0.29) is 11.5 Å². The van der Waals surface area contributed by atoms with Crippen molar-refractivity contribution >= 4 is 16.9 Å². The highest BCUT2D eigenvalue weighted by molar-refractivity contribution is 5.94. The first-order valence-electron chi connectivity index (χ1n) is 8.90. The van der Waals surface area contributed by atoms with E-state index in [0.717, 1.165) is 29.0 Å². The number of fused-ring (bicyclic) bond motifs is 1. The Morgan fingerprint density at radius 1 is 1.04 bits per heavy atom. The fraction of sp³-hybridized carbons (Fsp3) is 0.300. The van der Waals surface area contributed by atoms with Crippen molar-refractivity contribution in [3.8, 4) is 0 Å². The van der Waals surface area contributed by atoms with Crippen LogP contribution < -0.4 is 0 Å². The summed E-state index contributed by atoms with van der Waals surface area (Å²) in [5, 5.41) is 0. The zero-order chi connectivity index (χ0) is 19.0. The van der Waals surface area contributed by atoms with Crippen LogP contribution in [0.15, 0.2) is 42.5 Å². The van der Waals surface area contributed by atoms with E-state index in [9.17, 15) is 13.6 Å². The first kappa shape index (κ1) is 17.6. The van der Waals surface area contributed by atoms with Crippen LogP contribution in [0.5, 0.6) is 0 Å². The summed E-state index contributed by atoms with van der Waals surface area (Å²) in [6.07, 6.45) is 0. The largest absolute Gasteiger partial charge is 0.336 e. The maximum absolute atomic E-state index is 13.4. The third-order valence-electron chi connectivity index (χ3n) is 5.07. The molecule has 0 aliphatic carbocycles. The number of imidazole rings is 1. The van der Waals surface area contributed by atoms with E-state index >= 15 is 0 Å². The number of para-hydroxylation sites is 2. The number of hydrogen-bond donors (Lipinski definition) is 0. The van der Waals surface area contributed by atoms with Crippen molar-refractivity contribution < 1.29 is 13.6 Å². The van der Waals surface area contributed by atoms with Gasteiger partial charge in [0.1, 0.15) is 5.82 Å². The molecule has 1 aliphatic heterocycles. The third kappa shape index (κ3) is 3.42. The van der Waals surface area contributed by atoms with Gasteiger partial charge in [0, 0.05) is 38.8 Å². The van der Waals surface area contributed by atoms with Crippen LogP contribution in [0.4, 0.5) is 8.78 Å². The number of carbonyl (C=O) groups is 1. The molecule has 7 heteroatoms. The van der Waals surface area contributed by atoms with Crippen LogP contribution in [-0.2, 0) is 13.6 Å². The van der Waals surface area contributed by atoms with Crippen molar-refractivity contribution in [2.24, 2.45) is 7.05 Å². The number of aromatic nitrogens is 2. The smallest absolute Gasteiger partial charge is 0.254 e. The van der Waals surface area contributed by atoms with Gasteiger partial charge in [0.2, 0.25) is 0 Å². The van der Waals surface area contributed by atoms with Crippen LogP contribution in [0, 0.1) is 11.6 Å². The van der Waals surface area contributed by atoms with Crippen molar-refractivity contribution in [3.05, 3.63) is 65.5 Å². The summed E-state index contributed by atoms with van der Waals surface area (Å²) in [4.78, 5) is 21.1. The van der Waals surface area contributed by atoms with E-state index in [1.54, 1.807) is 4.90 Å². The van der Waals surface area contributed by atoms with Gasteiger partial charge in [-0.05, 0) is 30.3 Å². The lowest BCUT2D eigenvalue weighted by Crippen LogP contribution is -2.48. The molecule has 0 N–H and O–H groups in total. The molecule has 0 atom stereocenters. The predicted molar refractivity (Wildman–Crippen MR) is 98.3 cm³/mol. The Hall–Kier alpha value is -2.80. The van der Waals surface area contributed by atoms with E-state index in [0.29, 0.717) is 32.7 Å². The lowest BCUT2D eigenvalue weighted by Gasteiger charge is -2.34. The molecule has 27 heavy (non-hydrogen) atoms. The van der Waals surface area contributed by atoms with Gasteiger partial charge in [-0.15, -0.1) is 0 Å². The second-order valence-electron chi connectivity index (χ2n) is 6.77. The summed E-state index contributed by atoms with van der Waals surface area (Å²) in [5.74, 6) is -1.23. The van der Waals surface area contributed by atoms with E-state index < -0.39 is 11.6 Å². The number of carbonyl (C=O) groups excluding carboxylic acids is 1. The molecule has 1 fully saturated rings. The molecule has 4 rings (SSSR count).